The van der Waals surface area contributed by atoms with Crippen LogP contribution >= 0.6 is 11.6 Å². The number of benzene rings is 2. The second-order valence-electron chi connectivity index (χ2n) is 9.55. The molecule has 2 aromatic carbocycles. The van der Waals surface area contributed by atoms with E-state index in [0.717, 1.165) is 11.1 Å². The lowest BCUT2D eigenvalue weighted by Crippen LogP contribution is -2.69. The number of carbonyl (C=O) groups is 2. The number of rotatable bonds is 5. The number of hydrogen-bond donors (Lipinski definition) is 2. The van der Waals surface area contributed by atoms with E-state index in [0.29, 0.717) is 29.4 Å². The molecule has 0 radical (unpaired) electrons. The summed E-state index contributed by atoms with van der Waals surface area (Å²) in [7, 11) is 0. The molecule has 2 N–H and O–H groups in total. The van der Waals surface area contributed by atoms with E-state index in [2.05, 4.69) is 22.8 Å². The molecule has 2 aromatic rings. The topological polar surface area (TPSA) is 85.9 Å². The molecular formula is C25H29ClN2O5. The highest BCUT2D eigenvalue weighted by atomic mass is 35.5. The maximum Gasteiger partial charge on any atom is 0.344 e. The molecule has 2 heterocycles. The first-order chi connectivity index (χ1) is 15.6. The van der Waals surface area contributed by atoms with Gasteiger partial charge in [0.25, 0.3) is 0 Å². The third-order valence-corrected chi connectivity index (χ3v) is 6.01. The normalized spacial score (nSPS) is 23.2. The Balaban J connectivity index is 1.71. The predicted molar refractivity (Wildman–Crippen MR) is 125 cm³/mol. The van der Waals surface area contributed by atoms with Crippen LogP contribution in [0.3, 0.4) is 0 Å². The number of carbonyl (C=O) groups excluding carboxylic acids is 2. The fourth-order valence-corrected chi connectivity index (χ4v) is 4.89. The Kier molecular flexibility index (Phi) is 6.18. The zero-order valence-corrected chi connectivity index (χ0v) is 20.0. The monoisotopic (exact) mass is 472 g/mol. The van der Waals surface area contributed by atoms with Gasteiger partial charge < -0.3 is 24.8 Å². The van der Waals surface area contributed by atoms with Crippen LogP contribution in [0, 0.1) is 0 Å². The van der Waals surface area contributed by atoms with Crippen molar-refractivity contribution in [3.8, 4) is 11.5 Å². The van der Waals surface area contributed by atoms with Crippen molar-refractivity contribution >= 4 is 23.6 Å². The van der Waals surface area contributed by atoms with Crippen molar-refractivity contribution in [3.63, 3.8) is 0 Å². The molecule has 2 amide bonds. The lowest BCUT2D eigenvalue weighted by molar-refractivity contribution is -0.149. The molecule has 0 bridgehead atoms. The number of nitrogens with one attached hydrogen (secondary N) is 2. The molecule has 0 saturated carbocycles. The van der Waals surface area contributed by atoms with Crippen LogP contribution in [0.15, 0.2) is 42.5 Å². The molecule has 1 spiro atoms. The third-order valence-electron chi connectivity index (χ3n) is 5.71. The van der Waals surface area contributed by atoms with E-state index >= 15 is 0 Å². The van der Waals surface area contributed by atoms with Gasteiger partial charge in [-0.1, -0.05) is 41.9 Å². The van der Waals surface area contributed by atoms with Gasteiger partial charge in [-0.25, -0.2) is 9.59 Å². The summed E-state index contributed by atoms with van der Waals surface area (Å²) in [5, 5.41) is 6.34. The summed E-state index contributed by atoms with van der Waals surface area (Å²) < 4.78 is 17.2. The molecular weight excluding hydrogens is 444 g/mol. The maximum absolute atomic E-state index is 12.5. The SMILES string of the molecule is CC(C)OC(=O)COc1cc2c(cc1Cl)C(c1ccccc1)CC1(CC(C)(C)NC(=O)N1)O2. The highest BCUT2D eigenvalue weighted by Crippen LogP contribution is 2.49. The Bertz CT molecular complexity index is 1060. The fourth-order valence-electron chi connectivity index (χ4n) is 4.66. The molecule has 7 nitrogen and oxygen atoms in total. The van der Waals surface area contributed by atoms with E-state index in [4.69, 9.17) is 25.8 Å². The van der Waals surface area contributed by atoms with Gasteiger partial charge in [-0.15, -0.1) is 0 Å². The Morgan fingerprint density at radius 2 is 1.94 bits per heavy atom. The van der Waals surface area contributed by atoms with Gasteiger partial charge >= 0.3 is 12.0 Å². The van der Waals surface area contributed by atoms with Crippen LogP contribution in [-0.4, -0.2) is 36.0 Å². The van der Waals surface area contributed by atoms with Gasteiger partial charge in [0, 0.05) is 35.9 Å². The van der Waals surface area contributed by atoms with Crippen LogP contribution in [0.25, 0.3) is 0 Å². The molecule has 33 heavy (non-hydrogen) atoms. The third kappa shape index (κ3) is 5.19. The number of ether oxygens (including phenoxy) is 3. The average Bonchev–Trinajstić information content (AvgIpc) is 2.70. The minimum absolute atomic E-state index is 0.0541. The van der Waals surface area contributed by atoms with Crippen molar-refractivity contribution in [2.75, 3.05) is 6.61 Å². The zero-order chi connectivity index (χ0) is 23.8. The van der Waals surface area contributed by atoms with Gasteiger partial charge in [-0.05, 0) is 39.3 Å². The summed E-state index contributed by atoms with van der Waals surface area (Å²) >= 11 is 6.54. The van der Waals surface area contributed by atoms with E-state index in [-0.39, 0.29) is 24.7 Å². The summed E-state index contributed by atoms with van der Waals surface area (Å²) in [6.07, 6.45) is 0.883. The largest absolute Gasteiger partial charge is 0.480 e. The number of hydrogen-bond acceptors (Lipinski definition) is 5. The van der Waals surface area contributed by atoms with Crippen LogP contribution in [0.2, 0.25) is 5.02 Å². The lowest BCUT2D eigenvalue weighted by Gasteiger charge is -2.49. The minimum Gasteiger partial charge on any atom is -0.480 e. The van der Waals surface area contributed by atoms with Gasteiger partial charge in [-0.2, -0.15) is 0 Å². The van der Waals surface area contributed by atoms with Gasteiger partial charge in [0.1, 0.15) is 11.5 Å². The van der Waals surface area contributed by atoms with Crippen LogP contribution < -0.4 is 20.1 Å². The molecule has 1 saturated heterocycles. The van der Waals surface area contributed by atoms with E-state index in [1.54, 1.807) is 19.9 Å². The number of esters is 1. The quantitative estimate of drug-likeness (QED) is 0.612. The van der Waals surface area contributed by atoms with Crippen LogP contribution in [0.4, 0.5) is 4.79 Å². The van der Waals surface area contributed by atoms with Gasteiger partial charge in [0.05, 0.1) is 11.1 Å². The number of halogens is 1. The standard InChI is InChI=1S/C25H29ClN2O5/c1-15(2)32-22(29)13-31-21-11-20-17(10-19(21)26)18(16-8-6-5-7-9-16)12-25(33-20)14-24(3,4)27-23(30)28-25/h5-11,15,18H,12-14H2,1-4H3,(H2,27,28,30). The Labute approximate surface area is 198 Å². The second-order valence-corrected chi connectivity index (χ2v) is 9.96. The Morgan fingerprint density at radius 3 is 2.61 bits per heavy atom. The van der Waals surface area contributed by atoms with Gasteiger partial charge in [0.15, 0.2) is 12.3 Å². The van der Waals surface area contributed by atoms with Crippen molar-refractivity contribution in [1.82, 2.24) is 10.6 Å². The molecule has 2 aliphatic heterocycles. The Hall–Kier alpha value is -2.93. The van der Waals surface area contributed by atoms with E-state index in [1.165, 1.54) is 0 Å². The fraction of sp³-hybridized carbons (Fsp3) is 0.440. The highest BCUT2D eigenvalue weighted by Gasteiger charge is 2.49. The van der Waals surface area contributed by atoms with Crippen molar-refractivity contribution in [1.29, 1.82) is 0 Å². The van der Waals surface area contributed by atoms with Crippen LogP contribution in [0.1, 0.15) is 57.6 Å². The molecule has 2 aliphatic rings. The minimum atomic E-state index is -0.902. The molecule has 2 atom stereocenters. The predicted octanol–water partition coefficient (Wildman–Crippen LogP) is 4.76. The lowest BCUT2D eigenvalue weighted by atomic mass is 9.77. The summed E-state index contributed by atoms with van der Waals surface area (Å²) in [4.78, 5) is 24.4. The summed E-state index contributed by atoms with van der Waals surface area (Å²) in [6, 6.07) is 13.3. The first-order valence-corrected chi connectivity index (χ1v) is 11.4. The summed E-state index contributed by atoms with van der Waals surface area (Å²) in [5.74, 6) is 0.344. The van der Waals surface area contributed by atoms with Crippen molar-refractivity contribution in [3.05, 3.63) is 58.6 Å². The smallest absolute Gasteiger partial charge is 0.344 e. The van der Waals surface area contributed by atoms with E-state index < -0.39 is 17.2 Å². The van der Waals surface area contributed by atoms with Gasteiger partial charge in [0.2, 0.25) is 0 Å². The Morgan fingerprint density at radius 1 is 1.21 bits per heavy atom. The highest BCUT2D eigenvalue weighted by molar-refractivity contribution is 6.32. The van der Waals surface area contributed by atoms with Crippen LogP contribution in [-0.2, 0) is 9.53 Å². The molecule has 1 fully saturated rings. The molecule has 0 aromatic heterocycles. The number of urea groups is 1. The van der Waals surface area contributed by atoms with E-state index in [9.17, 15) is 9.59 Å². The molecule has 2 unspecified atom stereocenters. The molecule has 4 rings (SSSR count). The molecule has 8 heteroatoms. The summed E-state index contributed by atoms with van der Waals surface area (Å²) in [5.41, 5.74) is 0.644. The van der Waals surface area contributed by atoms with Crippen molar-refractivity contribution in [2.45, 2.75) is 63.8 Å². The second kappa shape index (κ2) is 8.78. The zero-order valence-electron chi connectivity index (χ0n) is 19.2. The van der Waals surface area contributed by atoms with Gasteiger partial charge in [-0.3, -0.25) is 0 Å². The first kappa shape index (κ1) is 23.2. The summed E-state index contributed by atoms with van der Waals surface area (Å²) in [6.45, 7) is 7.23. The van der Waals surface area contributed by atoms with E-state index in [1.807, 2.05) is 38.1 Å². The molecule has 0 aliphatic carbocycles. The molecule has 176 valence electrons. The number of amides is 2. The average molecular weight is 473 g/mol. The maximum atomic E-state index is 12.5. The van der Waals surface area contributed by atoms with Crippen LogP contribution in [0.5, 0.6) is 11.5 Å². The van der Waals surface area contributed by atoms with Crippen molar-refractivity contribution in [2.24, 2.45) is 0 Å². The first-order valence-electron chi connectivity index (χ1n) is 11.1. The van der Waals surface area contributed by atoms with Crippen molar-refractivity contribution < 1.29 is 23.8 Å². The number of fused-ring (bicyclic) bond motifs is 1.